The fraction of sp³-hybridized carbons (Fsp3) is 0.231. The highest BCUT2D eigenvalue weighted by atomic mass is 35.5. The Balaban J connectivity index is 1.81. The number of amides is 2. The number of benzene rings is 2. The lowest BCUT2D eigenvalue weighted by Crippen LogP contribution is -2.22. The second kappa shape index (κ2) is 12.8. The number of carbonyl (C=O) groups excluding carboxylic acids is 2. The van der Waals surface area contributed by atoms with Gasteiger partial charge in [-0.25, -0.2) is 15.4 Å². The Kier molecular flexibility index (Phi) is 9.69. The number of methoxy groups -OCH3 is 1. The van der Waals surface area contributed by atoms with Gasteiger partial charge in [-0.2, -0.15) is 0 Å². The highest BCUT2D eigenvalue weighted by Crippen LogP contribution is 2.39. The Hall–Kier alpha value is -3.92. The van der Waals surface area contributed by atoms with E-state index in [0.717, 1.165) is 11.6 Å². The van der Waals surface area contributed by atoms with Crippen LogP contribution in [0.15, 0.2) is 49.3 Å². The zero-order valence-electron chi connectivity index (χ0n) is 22.1. The van der Waals surface area contributed by atoms with Crippen LogP contribution in [0.2, 0.25) is 5.02 Å². The van der Waals surface area contributed by atoms with Crippen LogP contribution in [0, 0.1) is 6.92 Å². The van der Waals surface area contributed by atoms with E-state index in [0.29, 0.717) is 38.8 Å². The molecule has 0 spiro atoms. The summed E-state index contributed by atoms with van der Waals surface area (Å²) in [5.41, 5.74) is 4.72. The number of aromatic nitrogens is 2. The molecule has 1 heterocycles. The molecular weight excluding hydrogens is 545 g/mol. The number of hydrogen-bond acceptors (Lipinski definition) is 9. The van der Waals surface area contributed by atoms with Crippen molar-refractivity contribution in [1.82, 2.24) is 15.4 Å². The number of rotatable bonds is 11. The quantitative estimate of drug-likeness (QED) is 0.172. The number of ether oxygens (including phenoxy) is 2. The van der Waals surface area contributed by atoms with Gasteiger partial charge in [0, 0.05) is 16.4 Å². The fourth-order valence-corrected chi connectivity index (χ4v) is 4.63. The maximum absolute atomic E-state index is 12.7. The first-order valence-electron chi connectivity index (χ1n) is 11.5. The summed E-state index contributed by atoms with van der Waals surface area (Å²) in [6.07, 6.45) is 4.06. The van der Waals surface area contributed by atoms with Gasteiger partial charge >= 0.3 is 0 Å². The minimum atomic E-state index is -2.59. The molecule has 2 amide bonds. The smallest absolute Gasteiger partial charge is 0.274 e. The minimum absolute atomic E-state index is 0.00578. The van der Waals surface area contributed by atoms with Crippen LogP contribution in [0.25, 0.3) is 0 Å². The van der Waals surface area contributed by atoms with Crippen LogP contribution in [0.4, 0.5) is 17.3 Å². The molecule has 0 aliphatic carbocycles. The van der Waals surface area contributed by atoms with E-state index in [-0.39, 0.29) is 18.1 Å². The van der Waals surface area contributed by atoms with E-state index in [2.05, 4.69) is 37.5 Å². The third-order valence-corrected chi connectivity index (χ3v) is 7.37. The van der Waals surface area contributed by atoms with Crippen LogP contribution >= 0.6 is 18.7 Å². The van der Waals surface area contributed by atoms with E-state index in [1.165, 1.54) is 32.7 Å². The monoisotopic (exact) mass is 573 g/mol. The van der Waals surface area contributed by atoms with Gasteiger partial charge in [0.25, 0.3) is 5.91 Å². The van der Waals surface area contributed by atoms with E-state index >= 15 is 0 Å². The lowest BCUT2D eigenvalue weighted by atomic mass is 10.1. The van der Waals surface area contributed by atoms with Crippen molar-refractivity contribution in [3.8, 4) is 11.5 Å². The maximum Gasteiger partial charge on any atom is 0.274 e. The molecular formula is C26H29ClN5O6P. The van der Waals surface area contributed by atoms with Gasteiger partial charge in [0.2, 0.25) is 11.9 Å². The van der Waals surface area contributed by atoms with Crippen molar-refractivity contribution < 1.29 is 28.5 Å². The topological polar surface area (TPSA) is 141 Å². The first-order chi connectivity index (χ1) is 18.5. The third-order valence-electron chi connectivity index (χ3n) is 5.44. The number of carbonyl (C=O) groups is 2. The van der Waals surface area contributed by atoms with Crippen LogP contribution in [0.1, 0.15) is 21.5 Å². The van der Waals surface area contributed by atoms with Crippen molar-refractivity contribution in [3.05, 3.63) is 71.0 Å². The zero-order chi connectivity index (χ0) is 28.7. The normalized spacial score (nSPS) is 10.9. The van der Waals surface area contributed by atoms with Gasteiger partial charge in [-0.15, -0.1) is 0 Å². The first-order valence-corrected chi connectivity index (χ1v) is 14.5. The third kappa shape index (κ3) is 7.57. The van der Waals surface area contributed by atoms with Crippen molar-refractivity contribution in [3.63, 3.8) is 0 Å². The fourth-order valence-electron chi connectivity index (χ4n) is 3.45. The highest BCUT2D eigenvalue weighted by Gasteiger charge is 2.18. The second-order valence-corrected chi connectivity index (χ2v) is 12.3. The SMILES string of the molecule is C=CC(=O)Nc1cc(P(C)(C)=O)cc(C)c1Nc1ncc(OCc2cc(C(=O)NOC)cc(OC)c2Cl)cn1. The predicted octanol–water partition coefficient (Wildman–Crippen LogP) is 4.43. The molecule has 206 valence electrons. The van der Waals surface area contributed by atoms with Crippen LogP contribution in [-0.2, 0) is 20.8 Å². The van der Waals surface area contributed by atoms with Crippen molar-refractivity contribution in [1.29, 1.82) is 0 Å². The van der Waals surface area contributed by atoms with Crippen LogP contribution < -0.4 is 30.9 Å². The molecule has 0 unspecified atom stereocenters. The summed E-state index contributed by atoms with van der Waals surface area (Å²) in [5, 5.41) is 6.75. The van der Waals surface area contributed by atoms with Crippen LogP contribution in [-0.4, -0.2) is 49.3 Å². The largest absolute Gasteiger partial charge is 0.495 e. The molecule has 0 fully saturated rings. The Morgan fingerprint density at radius 1 is 1.13 bits per heavy atom. The molecule has 3 aromatic rings. The molecule has 3 N–H and O–H groups in total. The van der Waals surface area contributed by atoms with E-state index in [4.69, 9.17) is 21.1 Å². The number of hydrogen-bond donors (Lipinski definition) is 3. The molecule has 0 atom stereocenters. The predicted molar refractivity (Wildman–Crippen MR) is 151 cm³/mol. The number of nitrogens with one attached hydrogen (secondary N) is 3. The van der Waals surface area contributed by atoms with Crippen LogP contribution in [0.5, 0.6) is 11.5 Å². The molecule has 2 aromatic carbocycles. The summed E-state index contributed by atoms with van der Waals surface area (Å²) < 4.78 is 23.7. The molecule has 3 rings (SSSR count). The summed E-state index contributed by atoms with van der Waals surface area (Å²) in [5.74, 6) is -0.00697. The summed E-state index contributed by atoms with van der Waals surface area (Å²) in [6, 6.07) is 6.51. The average Bonchev–Trinajstić information content (AvgIpc) is 2.90. The molecule has 0 aliphatic heterocycles. The van der Waals surface area contributed by atoms with Crippen molar-refractivity contribution in [2.24, 2.45) is 0 Å². The number of hydroxylamine groups is 1. The number of anilines is 3. The summed E-state index contributed by atoms with van der Waals surface area (Å²) >= 11 is 6.40. The van der Waals surface area contributed by atoms with Gasteiger partial charge in [0.1, 0.15) is 19.5 Å². The van der Waals surface area contributed by atoms with E-state index in [9.17, 15) is 14.2 Å². The Morgan fingerprint density at radius 2 is 1.82 bits per heavy atom. The Labute approximate surface area is 231 Å². The molecule has 0 saturated heterocycles. The van der Waals surface area contributed by atoms with Gasteiger partial charge in [0.05, 0.1) is 43.0 Å². The highest BCUT2D eigenvalue weighted by molar-refractivity contribution is 7.70. The average molecular weight is 574 g/mol. The molecule has 0 bridgehead atoms. The molecule has 11 nitrogen and oxygen atoms in total. The van der Waals surface area contributed by atoms with Gasteiger partial charge in [0.15, 0.2) is 5.75 Å². The second-order valence-electron chi connectivity index (χ2n) is 8.67. The maximum atomic E-state index is 12.7. The molecule has 0 radical (unpaired) electrons. The lowest BCUT2D eigenvalue weighted by molar-refractivity contribution is -0.111. The molecule has 13 heteroatoms. The minimum Gasteiger partial charge on any atom is -0.495 e. The number of halogens is 1. The summed E-state index contributed by atoms with van der Waals surface area (Å²) in [4.78, 5) is 37.5. The first kappa shape index (κ1) is 29.6. The molecule has 0 saturated carbocycles. The van der Waals surface area contributed by atoms with Crippen molar-refractivity contribution in [2.75, 3.05) is 38.2 Å². The number of nitrogens with zero attached hydrogens (tertiary/aromatic N) is 2. The standard InChI is InChI=1S/C26H29ClN5O6P/c1-7-22(33)30-20-11-19(39(5,6)35)8-15(2)24(20)31-26-28-12-18(13-29-26)38-14-17-9-16(25(34)32-37-4)10-21(36-3)23(17)27/h7-13H,1,14H2,2-6H3,(H,30,33)(H,32,34)(H,28,29,31). The molecule has 0 aliphatic rings. The Morgan fingerprint density at radius 3 is 2.41 bits per heavy atom. The van der Waals surface area contributed by atoms with Gasteiger partial charge in [-0.1, -0.05) is 18.2 Å². The zero-order valence-corrected chi connectivity index (χ0v) is 23.8. The van der Waals surface area contributed by atoms with Gasteiger partial charge in [-0.3, -0.25) is 14.4 Å². The lowest BCUT2D eigenvalue weighted by Gasteiger charge is -2.18. The summed E-state index contributed by atoms with van der Waals surface area (Å²) in [7, 11) is 0.185. The Bertz CT molecular complexity index is 1440. The van der Waals surface area contributed by atoms with E-state index < -0.39 is 19.0 Å². The van der Waals surface area contributed by atoms with Gasteiger partial charge in [-0.05, 0) is 56.2 Å². The molecule has 39 heavy (non-hydrogen) atoms. The van der Waals surface area contributed by atoms with Crippen molar-refractivity contribution >= 4 is 53.2 Å². The summed E-state index contributed by atoms with van der Waals surface area (Å²) in [6.45, 7) is 8.62. The number of aryl methyl sites for hydroxylation is 1. The van der Waals surface area contributed by atoms with Crippen molar-refractivity contribution in [2.45, 2.75) is 13.5 Å². The van der Waals surface area contributed by atoms with Crippen LogP contribution in [0.3, 0.4) is 0 Å². The van der Waals surface area contributed by atoms with E-state index in [1.807, 2.05) is 6.92 Å². The molecule has 1 aromatic heterocycles. The van der Waals surface area contributed by atoms with E-state index in [1.54, 1.807) is 31.5 Å². The van der Waals surface area contributed by atoms with Gasteiger partial charge < -0.3 is 24.7 Å².